The second-order valence-electron chi connectivity index (χ2n) is 5.81. The molecule has 8 heteroatoms. The van der Waals surface area contributed by atoms with Crippen molar-refractivity contribution in [2.75, 3.05) is 10.6 Å². The summed E-state index contributed by atoms with van der Waals surface area (Å²) < 4.78 is 14.6. The first-order valence-electron chi connectivity index (χ1n) is 8.05. The maximum absolute atomic E-state index is 12.9. The van der Waals surface area contributed by atoms with Gasteiger partial charge in [0.1, 0.15) is 10.3 Å². The van der Waals surface area contributed by atoms with E-state index in [0.29, 0.717) is 28.0 Å². The van der Waals surface area contributed by atoms with Crippen molar-refractivity contribution in [3.8, 4) is 0 Å². The summed E-state index contributed by atoms with van der Waals surface area (Å²) in [6.45, 7) is 0.486. The lowest BCUT2D eigenvalue weighted by Gasteiger charge is -2.10. The van der Waals surface area contributed by atoms with E-state index in [1.54, 1.807) is 25.4 Å². The van der Waals surface area contributed by atoms with E-state index in [1.165, 1.54) is 28.9 Å². The average Bonchev–Trinajstić information content (AvgIpc) is 2.67. The molecule has 138 valence electrons. The Kier molecular flexibility index (Phi) is 5.66. The minimum absolute atomic E-state index is 0.223. The number of aromatic nitrogens is 2. The van der Waals surface area contributed by atoms with Crippen molar-refractivity contribution >= 4 is 33.2 Å². The number of amides is 1. The molecule has 0 saturated heterocycles. The molecule has 3 rings (SSSR count). The van der Waals surface area contributed by atoms with E-state index in [1.807, 2.05) is 12.1 Å². The summed E-state index contributed by atoms with van der Waals surface area (Å²) in [6.07, 6.45) is 1.57. The zero-order valence-electron chi connectivity index (χ0n) is 14.4. The average molecular weight is 431 g/mol. The molecule has 3 aromatic rings. The number of carbonyl (C=O) groups excluding carboxylic acids is 1. The normalized spacial score (nSPS) is 10.5. The molecule has 0 aliphatic heterocycles. The van der Waals surface area contributed by atoms with Gasteiger partial charge in [-0.25, -0.2) is 9.07 Å². The van der Waals surface area contributed by atoms with Crippen LogP contribution in [0.1, 0.15) is 15.9 Å². The number of rotatable bonds is 5. The minimum Gasteiger partial charge on any atom is -0.379 e. The van der Waals surface area contributed by atoms with Crippen LogP contribution in [0.5, 0.6) is 0 Å². The predicted octanol–water partition coefficient (Wildman–Crippen LogP) is 3.55. The van der Waals surface area contributed by atoms with Gasteiger partial charge in [-0.05, 0) is 57.9 Å². The van der Waals surface area contributed by atoms with Gasteiger partial charge in [-0.1, -0.05) is 12.1 Å². The fourth-order valence-electron chi connectivity index (χ4n) is 2.34. The van der Waals surface area contributed by atoms with Crippen LogP contribution in [-0.2, 0) is 13.6 Å². The molecule has 0 spiro atoms. The molecule has 1 heterocycles. The molecule has 0 radical (unpaired) electrons. The molecular weight excluding hydrogens is 415 g/mol. The summed E-state index contributed by atoms with van der Waals surface area (Å²) in [4.78, 5) is 24.0. The van der Waals surface area contributed by atoms with Crippen molar-refractivity contribution in [2.24, 2.45) is 7.05 Å². The summed E-state index contributed by atoms with van der Waals surface area (Å²) in [5.74, 6) is -0.697. The molecule has 6 nitrogen and oxygen atoms in total. The number of carbonyl (C=O) groups is 1. The molecule has 0 unspecified atom stereocenters. The molecule has 0 saturated carbocycles. The summed E-state index contributed by atoms with van der Waals surface area (Å²) in [7, 11) is 1.58. The van der Waals surface area contributed by atoms with Crippen LogP contribution in [0.3, 0.4) is 0 Å². The second kappa shape index (κ2) is 8.13. The number of nitrogens with one attached hydrogen (secondary N) is 2. The number of aryl methyl sites for hydroxylation is 1. The molecule has 1 amide bonds. The van der Waals surface area contributed by atoms with Crippen LogP contribution < -0.4 is 16.2 Å². The third-order valence-electron chi connectivity index (χ3n) is 3.88. The van der Waals surface area contributed by atoms with Gasteiger partial charge in [0.05, 0.1) is 11.9 Å². The highest BCUT2D eigenvalue weighted by molar-refractivity contribution is 9.10. The van der Waals surface area contributed by atoms with Crippen LogP contribution in [0.15, 0.2) is 64.0 Å². The van der Waals surface area contributed by atoms with E-state index in [9.17, 15) is 14.0 Å². The maximum Gasteiger partial charge on any atom is 0.282 e. The molecule has 0 atom stereocenters. The van der Waals surface area contributed by atoms with Crippen molar-refractivity contribution in [1.82, 2.24) is 9.78 Å². The quantitative estimate of drug-likeness (QED) is 0.648. The maximum atomic E-state index is 12.9. The molecule has 2 aromatic carbocycles. The van der Waals surface area contributed by atoms with E-state index in [0.717, 1.165) is 5.56 Å². The monoisotopic (exact) mass is 430 g/mol. The third kappa shape index (κ3) is 4.59. The van der Waals surface area contributed by atoms with Gasteiger partial charge < -0.3 is 10.6 Å². The van der Waals surface area contributed by atoms with Gasteiger partial charge >= 0.3 is 0 Å². The first-order valence-corrected chi connectivity index (χ1v) is 8.85. The Morgan fingerprint density at radius 2 is 1.81 bits per heavy atom. The van der Waals surface area contributed by atoms with Crippen molar-refractivity contribution in [3.63, 3.8) is 0 Å². The number of nitrogens with zero attached hydrogens (tertiary/aromatic N) is 2. The number of halogens is 2. The SMILES string of the molecule is Cn1ncc(NCc2ccc(NC(=O)c3ccc(F)cc3)cc2)c(Br)c1=O. The van der Waals surface area contributed by atoms with Gasteiger partial charge in [0, 0.05) is 24.8 Å². The standard InChI is InChI=1S/C19H16BrFN4O2/c1-25-19(27)17(20)16(11-23-25)22-10-12-2-8-15(9-3-12)24-18(26)13-4-6-14(21)7-5-13/h2-9,11,22H,10H2,1H3,(H,24,26). The van der Waals surface area contributed by atoms with Crippen LogP contribution >= 0.6 is 15.9 Å². The molecule has 0 fully saturated rings. The predicted molar refractivity (Wildman–Crippen MR) is 105 cm³/mol. The highest BCUT2D eigenvalue weighted by Crippen LogP contribution is 2.18. The van der Waals surface area contributed by atoms with E-state index in [2.05, 4.69) is 31.7 Å². The lowest BCUT2D eigenvalue weighted by Crippen LogP contribution is -2.21. The highest BCUT2D eigenvalue weighted by atomic mass is 79.9. The van der Waals surface area contributed by atoms with Crippen molar-refractivity contribution < 1.29 is 9.18 Å². The van der Waals surface area contributed by atoms with Crippen molar-refractivity contribution in [2.45, 2.75) is 6.54 Å². The summed E-state index contributed by atoms with van der Waals surface area (Å²) in [5.41, 5.74) is 2.35. The summed E-state index contributed by atoms with van der Waals surface area (Å²) in [6, 6.07) is 12.6. The molecule has 27 heavy (non-hydrogen) atoms. The van der Waals surface area contributed by atoms with Crippen LogP contribution in [0.25, 0.3) is 0 Å². The Morgan fingerprint density at radius 1 is 1.15 bits per heavy atom. The van der Waals surface area contributed by atoms with Gasteiger partial charge in [-0.2, -0.15) is 5.10 Å². The molecule has 1 aromatic heterocycles. The Labute approximate surface area is 163 Å². The molecule has 0 bridgehead atoms. The van der Waals surface area contributed by atoms with Crippen molar-refractivity contribution in [1.29, 1.82) is 0 Å². The third-order valence-corrected chi connectivity index (χ3v) is 4.65. The highest BCUT2D eigenvalue weighted by Gasteiger charge is 2.08. The van der Waals surface area contributed by atoms with Crippen LogP contribution in [0.4, 0.5) is 15.8 Å². The first kappa shape index (κ1) is 18.8. The van der Waals surface area contributed by atoms with E-state index in [-0.39, 0.29) is 17.3 Å². The summed E-state index contributed by atoms with van der Waals surface area (Å²) in [5, 5.41) is 9.87. The Balaban J connectivity index is 1.62. The van der Waals surface area contributed by atoms with E-state index in [4.69, 9.17) is 0 Å². The Hall–Kier alpha value is -3.00. The van der Waals surface area contributed by atoms with Gasteiger partial charge in [-0.15, -0.1) is 0 Å². The number of anilines is 2. The second-order valence-corrected chi connectivity index (χ2v) is 6.61. The van der Waals surface area contributed by atoms with Gasteiger partial charge in [0.15, 0.2) is 0 Å². The number of hydrogen-bond donors (Lipinski definition) is 2. The van der Waals surface area contributed by atoms with Gasteiger partial charge in [0.25, 0.3) is 11.5 Å². The largest absolute Gasteiger partial charge is 0.379 e. The number of hydrogen-bond acceptors (Lipinski definition) is 4. The van der Waals surface area contributed by atoms with Gasteiger partial charge in [-0.3, -0.25) is 9.59 Å². The molecular formula is C19H16BrFN4O2. The smallest absolute Gasteiger partial charge is 0.282 e. The lowest BCUT2D eigenvalue weighted by molar-refractivity contribution is 0.102. The van der Waals surface area contributed by atoms with E-state index < -0.39 is 0 Å². The van der Waals surface area contributed by atoms with E-state index >= 15 is 0 Å². The molecule has 0 aliphatic carbocycles. The molecule has 2 N–H and O–H groups in total. The summed E-state index contributed by atoms with van der Waals surface area (Å²) >= 11 is 3.26. The lowest BCUT2D eigenvalue weighted by atomic mass is 10.1. The zero-order valence-corrected chi connectivity index (χ0v) is 16.0. The molecule has 0 aliphatic rings. The van der Waals surface area contributed by atoms with Crippen LogP contribution in [0, 0.1) is 5.82 Å². The fraction of sp³-hybridized carbons (Fsp3) is 0.105. The van der Waals surface area contributed by atoms with Gasteiger partial charge in [0.2, 0.25) is 0 Å². The van der Waals surface area contributed by atoms with Crippen LogP contribution in [-0.4, -0.2) is 15.7 Å². The topological polar surface area (TPSA) is 76.0 Å². The first-order chi connectivity index (χ1) is 12.9. The van der Waals surface area contributed by atoms with Crippen molar-refractivity contribution in [3.05, 3.63) is 86.5 Å². The minimum atomic E-state index is -0.387. The Morgan fingerprint density at radius 3 is 2.48 bits per heavy atom. The number of benzene rings is 2. The fourth-order valence-corrected chi connectivity index (χ4v) is 2.84. The van der Waals surface area contributed by atoms with Crippen LogP contribution in [0.2, 0.25) is 0 Å². The zero-order chi connectivity index (χ0) is 19.4. The Bertz CT molecular complexity index is 1020.